The largest absolute Gasteiger partial charge is 0.339 e. The zero-order valence-electron chi connectivity index (χ0n) is 13.6. The number of benzene rings is 1. The molecule has 0 atom stereocenters. The number of hydrogen-bond acceptors (Lipinski definition) is 4. The third kappa shape index (κ3) is 3.71. The first-order valence-electron chi connectivity index (χ1n) is 8.20. The number of carbonyl (C=O) groups is 2. The maximum Gasteiger partial charge on any atom is 0.241 e. The van der Waals surface area contributed by atoms with Gasteiger partial charge >= 0.3 is 0 Å². The van der Waals surface area contributed by atoms with Crippen molar-refractivity contribution in [3.8, 4) is 0 Å². The number of hydrogen-bond donors (Lipinski definition) is 1. The number of rotatable bonds is 4. The Balaban J connectivity index is 1.53. The fraction of sp³-hybridized carbons (Fsp3) is 0.529. The normalized spacial score (nSPS) is 17.5. The smallest absolute Gasteiger partial charge is 0.241 e. The van der Waals surface area contributed by atoms with Crippen molar-refractivity contribution in [2.45, 2.75) is 6.42 Å². The lowest BCUT2D eigenvalue weighted by Gasteiger charge is -2.29. The molecule has 23 heavy (non-hydrogen) atoms. The molecule has 0 bridgehead atoms. The van der Waals surface area contributed by atoms with Crippen molar-refractivity contribution in [3.05, 3.63) is 29.8 Å². The lowest BCUT2D eigenvalue weighted by molar-refractivity contribution is -0.133. The van der Waals surface area contributed by atoms with E-state index in [1.54, 1.807) is 0 Å². The molecule has 0 unspecified atom stereocenters. The molecule has 1 aromatic carbocycles. The van der Waals surface area contributed by atoms with Crippen molar-refractivity contribution in [1.82, 2.24) is 15.1 Å². The minimum Gasteiger partial charge on any atom is -0.339 e. The number of carbonyl (C=O) groups excluding carboxylic acids is 2. The molecule has 0 spiro atoms. The van der Waals surface area contributed by atoms with Crippen LogP contribution in [0.1, 0.15) is 5.56 Å². The maximum absolute atomic E-state index is 12.5. The number of para-hydroxylation sites is 1. The SMILES string of the molecule is CN(CC(=O)N1CCNCC1)CC(=O)N1CCc2ccccc21. The molecule has 1 N–H and O–H groups in total. The topological polar surface area (TPSA) is 55.9 Å². The number of anilines is 1. The number of nitrogens with one attached hydrogen (secondary N) is 1. The van der Waals surface area contributed by atoms with Crippen molar-refractivity contribution in [1.29, 1.82) is 0 Å². The standard InChI is InChI=1S/C17H24N4O2/c1-19(12-16(22)20-10-7-18-8-11-20)13-17(23)21-9-6-14-4-2-3-5-15(14)21/h2-5,18H,6-13H2,1H3. The predicted molar refractivity (Wildman–Crippen MR) is 89.4 cm³/mol. The molecule has 0 aliphatic carbocycles. The van der Waals surface area contributed by atoms with Crippen molar-refractivity contribution >= 4 is 17.5 Å². The summed E-state index contributed by atoms with van der Waals surface area (Å²) in [4.78, 5) is 30.3. The van der Waals surface area contributed by atoms with Crippen LogP contribution in [-0.4, -0.2) is 74.5 Å². The zero-order chi connectivity index (χ0) is 16.2. The average molecular weight is 316 g/mol. The number of piperazine rings is 1. The Hall–Kier alpha value is -1.92. The van der Waals surface area contributed by atoms with Crippen molar-refractivity contribution < 1.29 is 9.59 Å². The van der Waals surface area contributed by atoms with Gasteiger partial charge in [-0.15, -0.1) is 0 Å². The molecule has 1 fully saturated rings. The minimum absolute atomic E-state index is 0.0607. The molecule has 0 aromatic heterocycles. The van der Waals surface area contributed by atoms with Crippen molar-refractivity contribution in [3.63, 3.8) is 0 Å². The molecule has 2 aliphatic heterocycles. The van der Waals surface area contributed by atoms with Crippen LogP contribution in [0.15, 0.2) is 24.3 Å². The summed E-state index contributed by atoms with van der Waals surface area (Å²) in [6.45, 7) is 4.49. The highest BCUT2D eigenvalue weighted by Crippen LogP contribution is 2.27. The lowest BCUT2D eigenvalue weighted by atomic mass is 10.2. The fourth-order valence-corrected chi connectivity index (χ4v) is 3.21. The van der Waals surface area contributed by atoms with Crippen molar-refractivity contribution in [2.24, 2.45) is 0 Å². The van der Waals surface area contributed by atoms with E-state index in [1.165, 1.54) is 5.56 Å². The van der Waals surface area contributed by atoms with Gasteiger partial charge in [0.25, 0.3) is 0 Å². The third-order valence-corrected chi connectivity index (χ3v) is 4.47. The average Bonchev–Trinajstić information content (AvgIpc) is 2.99. The van der Waals surface area contributed by atoms with E-state index in [0.29, 0.717) is 6.54 Å². The van der Waals surface area contributed by atoms with Crippen LogP contribution in [0.25, 0.3) is 0 Å². The Morgan fingerprint density at radius 3 is 2.57 bits per heavy atom. The molecule has 2 heterocycles. The second-order valence-corrected chi connectivity index (χ2v) is 6.23. The van der Waals surface area contributed by atoms with Gasteiger partial charge in [0.05, 0.1) is 13.1 Å². The van der Waals surface area contributed by atoms with E-state index in [-0.39, 0.29) is 18.4 Å². The highest BCUT2D eigenvalue weighted by molar-refractivity contribution is 5.97. The third-order valence-electron chi connectivity index (χ3n) is 4.47. The number of likely N-dealkylation sites (N-methyl/N-ethyl adjacent to an activating group) is 1. The Bertz CT molecular complexity index is 584. The van der Waals surface area contributed by atoms with Gasteiger partial charge in [0.2, 0.25) is 11.8 Å². The molecule has 1 aromatic rings. The molecular weight excluding hydrogens is 292 g/mol. The quantitative estimate of drug-likeness (QED) is 0.845. The molecule has 1 saturated heterocycles. The second-order valence-electron chi connectivity index (χ2n) is 6.23. The molecule has 6 nitrogen and oxygen atoms in total. The van der Waals surface area contributed by atoms with Crippen LogP contribution >= 0.6 is 0 Å². The summed E-state index contributed by atoms with van der Waals surface area (Å²) in [5.74, 6) is 0.161. The van der Waals surface area contributed by atoms with E-state index in [2.05, 4.69) is 11.4 Å². The summed E-state index contributed by atoms with van der Waals surface area (Å²) >= 11 is 0. The van der Waals surface area contributed by atoms with E-state index in [9.17, 15) is 9.59 Å². The highest BCUT2D eigenvalue weighted by Gasteiger charge is 2.25. The Morgan fingerprint density at radius 1 is 1.09 bits per heavy atom. The van der Waals surface area contributed by atoms with Crippen LogP contribution < -0.4 is 10.2 Å². The van der Waals surface area contributed by atoms with Gasteiger partial charge in [-0.25, -0.2) is 0 Å². The van der Waals surface area contributed by atoms with Crippen LogP contribution in [-0.2, 0) is 16.0 Å². The van der Waals surface area contributed by atoms with Gasteiger partial charge in [-0.3, -0.25) is 14.5 Å². The first-order valence-corrected chi connectivity index (χ1v) is 8.20. The van der Waals surface area contributed by atoms with E-state index < -0.39 is 0 Å². The lowest BCUT2D eigenvalue weighted by Crippen LogP contribution is -2.50. The van der Waals surface area contributed by atoms with E-state index in [0.717, 1.165) is 44.8 Å². The van der Waals surface area contributed by atoms with Gasteiger partial charge in [-0.2, -0.15) is 0 Å². The summed E-state index contributed by atoms with van der Waals surface area (Å²) in [5.41, 5.74) is 2.24. The van der Waals surface area contributed by atoms with Gasteiger partial charge in [0.1, 0.15) is 0 Å². The summed E-state index contributed by atoms with van der Waals surface area (Å²) < 4.78 is 0. The molecule has 6 heteroatoms. The first-order chi connectivity index (χ1) is 11.1. The van der Waals surface area contributed by atoms with E-state index >= 15 is 0 Å². The Labute approximate surface area is 137 Å². The molecule has 0 saturated carbocycles. The van der Waals surface area contributed by atoms with Crippen LogP contribution in [0, 0.1) is 0 Å². The summed E-state index contributed by atoms with van der Waals surface area (Å²) in [6, 6.07) is 8.03. The van der Waals surface area contributed by atoms with Crippen LogP contribution in [0.5, 0.6) is 0 Å². The molecule has 2 amide bonds. The Morgan fingerprint density at radius 2 is 1.78 bits per heavy atom. The number of amides is 2. The van der Waals surface area contributed by atoms with Crippen LogP contribution in [0.2, 0.25) is 0 Å². The van der Waals surface area contributed by atoms with Gasteiger partial charge in [-0.05, 0) is 25.1 Å². The molecule has 2 aliphatic rings. The summed E-state index contributed by atoms with van der Waals surface area (Å²) in [5, 5.41) is 3.23. The van der Waals surface area contributed by atoms with Crippen LogP contribution in [0.3, 0.4) is 0 Å². The first kappa shape index (κ1) is 16.0. The summed E-state index contributed by atoms with van der Waals surface area (Å²) in [6.07, 6.45) is 0.908. The predicted octanol–water partition coefficient (Wildman–Crippen LogP) is -0.0607. The van der Waals surface area contributed by atoms with Crippen LogP contribution in [0.4, 0.5) is 5.69 Å². The van der Waals surface area contributed by atoms with E-state index in [4.69, 9.17) is 0 Å². The van der Waals surface area contributed by atoms with Gasteiger partial charge in [0, 0.05) is 38.4 Å². The Kier molecular flexibility index (Phi) is 4.93. The highest BCUT2D eigenvalue weighted by atomic mass is 16.2. The number of nitrogens with zero attached hydrogens (tertiary/aromatic N) is 3. The van der Waals surface area contributed by atoms with E-state index in [1.807, 2.05) is 39.9 Å². The number of fused-ring (bicyclic) bond motifs is 1. The molecule has 3 rings (SSSR count). The summed E-state index contributed by atoms with van der Waals surface area (Å²) in [7, 11) is 1.83. The van der Waals surface area contributed by atoms with Gasteiger partial charge in [0.15, 0.2) is 0 Å². The van der Waals surface area contributed by atoms with Crippen molar-refractivity contribution in [2.75, 3.05) is 57.8 Å². The van der Waals surface area contributed by atoms with Gasteiger partial charge in [-0.1, -0.05) is 18.2 Å². The van der Waals surface area contributed by atoms with Gasteiger partial charge < -0.3 is 15.1 Å². The molecule has 124 valence electrons. The monoisotopic (exact) mass is 316 g/mol. The zero-order valence-corrected chi connectivity index (χ0v) is 13.6. The maximum atomic E-state index is 12.5. The second kappa shape index (κ2) is 7.10. The minimum atomic E-state index is 0.0607. The fourth-order valence-electron chi connectivity index (χ4n) is 3.21. The molecular formula is C17H24N4O2. The molecule has 0 radical (unpaired) electrons.